The number of fused-ring (bicyclic) bond motifs is 1. The molecule has 9 nitrogen and oxygen atoms in total. The van der Waals surface area contributed by atoms with Crippen molar-refractivity contribution in [2.45, 2.75) is 25.7 Å². The second kappa shape index (κ2) is 12.7. The van der Waals surface area contributed by atoms with Crippen LogP contribution in [0.5, 0.6) is 11.5 Å². The van der Waals surface area contributed by atoms with Crippen molar-refractivity contribution in [3.8, 4) is 11.5 Å². The fourth-order valence-corrected chi connectivity index (χ4v) is 5.30. The van der Waals surface area contributed by atoms with Crippen molar-refractivity contribution in [2.75, 3.05) is 45.2 Å². The lowest BCUT2D eigenvalue weighted by Crippen LogP contribution is -2.25. The standard InChI is InChI=1S/C28H32N6O3S/c1-36-24-16-22-23(17-25(24)37-15-7-14-34-12-5-6-13-34)31-19-32-26(22)33-28-30-18-21(38-28)10-11-29-27(35)20-8-3-2-4-9-20/h2-4,8-9,16-19H,5-7,10-15H2,1H3,(H,29,35)(H,30,31,32,33). The first kappa shape index (κ1) is 25.9. The highest BCUT2D eigenvalue weighted by Gasteiger charge is 2.14. The number of hydrogen-bond acceptors (Lipinski definition) is 9. The zero-order valence-corrected chi connectivity index (χ0v) is 22.3. The summed E-state index contributed by atoms with van der Waals surface area (Å²) in [6.45, 7) is 4.60. The van der Waals surface area contributed by atoms with E-state index in [0.717, 1.165) is 33.9 Å². The SMILES string of the molecule is COc1cc2c(Nc3ncc(CCNC(=O)c4ccccc4)s3)ncnc2cc1OCCCN1CCCC1. The fraction of sp³-hybridized carbons (Fsp3) is 0.357. The maximum Gasteiger partial charge on any atom is 0.251 e. The molecule has 1 aliphatic heterocycles. The predicted molar refractivity (Wildman–Crippen MR) is 150 cm³/mol. The number of anilines is 2. The normalized spacial score (nSPS) is 13.5. The van der Waals surface area contributed by atoms with Gasteiger partial charge in [-0.1, -0.05) is 18.2 Å². The minimum absolute atomic E-state index is 0.0789. The molecule has 0 aliphatic carbocycles. The molecule has 10 heteroatoms. The number of nitrogens with zero attached hydrogens (tertiary/aromatic N) is 4. The largest absolute Gasteiger partial charge is 0.493 e. The molecule has 1 aliphatic rings. The number of benzene rings is 2. The maximum atomic E-state index is 12.2. The molecule has 198 valence electrons. The van der Waals surface area contributed by atoms with Crippen molar-refractivity contribution in [1.82, 2.24) is 25.2 Å². The summed E-state index contributed by atoms with van der Waals surface area (Å²) in [6, 6.07) is 13.0. The highest BCUT2D eigenvalue weighted by molar-refractivity contribution is 7.15. The Morgan fingerprint density at radius 3 is 2.74 bits per heavy atom. The summed E-state index contributed by atoms with van der Waals surface area (Å²) >= 11 is 1.53. The third-order valence-corrected chi connectivity index (χ3v) is 7.44. The van der Waals surface area contributed by atoms with Gasteiger partial charge in [0, 0.05) is 47.6 Å². The Morgan fingerprint density at radius 1 is 1.08 bits per heavy atom. The van der Waals surface area contributed by atoms with Crippen LogP contribution in [0, 0.1) is 0 Å². The molecule has 3 heterocycles. The van der Waals surface area contributed by atoms with E-state index in [1.807, 2.05) is 36.5 Å². The molecule has 2 aromatic carbocycles. The van der Waals surface area contributed by atoms with Crippen LogP contribution in [0.3, 0.4) is 0 Å². The molecule has 0 bridgehead atoms. The minimum atomic E-state index is -0.0789. The van der Waals surface area contributed by atoms with Crippen molar-refractivity contribution in [3.05, 3.63) is 65.4 Å². The lowest BCUT2D eigenvalue weighted by Gasteiger charge is -2.16. The first-order valence-electron chi connectivity index (χ1n) is 12.9. The third kappa shape index (κ3) is 6.56. The predicted octanol–water partition coefficient (Wildman–Crippen LogP) is 4.68. The van der Waals surface area contributed by atoms with Crippen molar-refractivity contribution < 1.29 is 14.3 Å². The van der Waals surface area contributed by atoms with E-state index < -0.39 is 0 Å². The summed E-state index contributed by atoms with van der Waals surface area (Å²) < 4.78 is 11.7. The summed E-state index contributed by atoms with van der Waals surface area (Å²) in [4.78, 5) is 29.2. The number of hydrogen-bond donors (Lipinski definition) is 2. The van der Waals surface area contributed by atoms with Gasteiger partial charge in [0.2, 0.25) is 0 Å². The number of likely N-dealkylation sites (tertiary alicyclic amines) is 1. The van der Waals surface area contributed by atoms with Crippen molar-refractivity contribution in [2.24, 2.45) is 0 Å². The molecule has 1 fully saturated rings. The van der Waals surface area contributed by atoms with E-state index in [2.05, 4.69) is 30.5 Å². The van der Waals surface area contributed by atoms with E-state index in [-0.39, 0.29) is 5.91 Å². The van der Waals surface area contributed by atoms with Gasteiger partial charge in [-0.3, -0.25) is 4.79 Å². The molecule has 0 unspecified atom stereocenters. The van der Waals surface area contributed by atoms with Crippen LogP contribution < -0.4 is 20.1 Å². The average Bonchev–Trinajstić information content (AvgIpc) is 3.63. The molecule has 5 rings (SSSR count). The second-order valence-corrected chi connectivity index (χ2v) is 10.2. The smallest absolute Gasteiger partial charge is 0.251 e. The van der Waals surface area contributed by atoms with Gasteiger partial charge in [-0.2, -0.15) is 0 Å². The second-order valence-electron chi connectivity index (χ2n) is 9.12. The van der Waals surface area contributed by atoms with Crippen LogP contribution in [0.1, 0.15) is 34.5 Å². The average molecular weight is 533 g/mol. The molecule has 4 aromatic rings. The van der Waals surface area contributed by atoms with Gasteiger partial charge in [-0.15, -0.1) is 11.3 Å². The van der Waals surface area contributed by atoms with Crippen molar-refractivity contribution in [3.63, 3.8) is 0 Å². The first-order chi connectivity index (χ1) is 18.7. The van der Waals surface area contributed by atoms with E-state index in [4.69, 9.17) is 9.47 Å². The topological polar surface area (TPSA) is 102 Å². The highest BCUT2D eigenvalue weighted by atomic mass is 32.1. The lowest BCUT2D eigenvalue weighted by atomic mass is 10.2. The lowest BCUT2D eigenvalue weighted by molar-refractivity contribution is 0.0954. The van der Waals surface area contributed by atoms with Gasteiger partial charge in [0.25, 0.3) is 5.91 Å². The summed E-state index contributed by atoms with van der Waals surface area (Å²) in [5, 5.41) is 7.80. The Morgan fingerprint density at radius 2 is 1.92 bits per heavy atom. The fourth-order valence-electron chi connectivity index (χ4n) is 4.49. The van der Waals surface area contributed by atoms with Gasteiger partial charge in [0.1, 0.15) is 12.1 Å². The van der Waals surface area contributed by atoms with E-state index in [9.17, 15) is 4.79 Å². The molecule has 0 saturated carbocycles. The molecular weight excluding hydrogens is 500 g/mol. The van der Waals surface area contributed by atoms with Gasteiger partial charge in [0.15, 0.2) is 16.6 Å². The number of methoxy groups -OCH3 is 1. The summed E-state index contributed by atoms with van der Waals surface area (Å²) in [5.74, 6) is 1.89. The van der Waals surface area contributed by atoms with Gasteiger partial charge >= 0.3 is 0 Å². The number of amides is 1. The molecule has 2 N–H and O–H groups in total. The number of rotatable bonds is 12. The van der Waals surface area contributed by atoms with Crippen LogP contribution in [0.4, 0.5) is 10.9 Å². The van der Waals surface area contributed by atoms with Gasteiger partial charge in [0.05, 0.1) is 19.2 Å². The number of carbonyl (C=O) groups excluding carboxylic acids is 1. The zero-order valence-electron chi connectivity index (χ0n) is 21.5. The third-order valence-electron chi connectivity index (χ3n) is 6.47. The molecule has 1 saturated heterocycles. The summed E-state index contributed by atoms with van der Waals surface area (Å²) in [5.41, 5.74) is 1.42. The Bertz CT molecular complexity index is 1360. The van der Waals surface area contributed by atoms with Gasteiger partial charge in [-0.25, -0.2) is 15.0 Å². The highest BCUT2D eigenvalue weighted by Crippen LogP contribution is 2.35. The van der Waals surface area contributed by atoms with Crippen LogP contribution in [-0.2, 0) is 6.42 Å². The molecular formula is C28H32N6O3S. The number of nitrogens with one attached hydrogen (secondary N) is 2. The molecule has 0 atom stereocenters. The first-order valence-corrected chi connectivity index (χ1v) is 13.7. The van der Waals surface area contributed by atoms with E-state index in [1.54, 1.807) is 19.2 Å². The van der Waals surface area contributed by atoms with Crippen molar-refractivity contribution >= 4 is 39.1 Å². The van der Waals surface area contributed by atoms with Crippen LogP contribution in [0.2, 0.25) is 0 Å². The summed E-state index contributed by atoms with van der Waals surface area (Å²) in [6.07, 6.45) is 7.60. The molecule has 0 spiro atoms. The zero-order chi connectivity index (χ0) is 26.2. The number of thiazole rings is 1. The van der Waals surface area contributed by atoms with E-state index in [1.165, 1.54) is 43.6 Å². The quantitative estimate of drug-likeness (QED) is 0.254. The molecule has 2 aromatic heterocycles. The summed E-state index contributed by atoms with van der Waals surface area (Å²) in [7, 11) is 1.64. The monoisotopic (exact) mass is 532 g/mol. The molecule has 1 amide bonds. The van der Waals surface area contributed by atoms with Crippen LogP contribution in [0.25, 0.3) is 10.9 Å². The van der Waals surface area contributed by atoms with Crippen LogP contribution in [0.15, 0.2) is 55.0 Å². The molecule has 0 radical (unpaired) electrons. The number of carbonyl (C=O) groups is 1. The molecule has 38 heavy (non-hydrogen) atoms. The van der Waals surface area contributed by atoms with Crippen molar-refractivity contribution in [1.29, 1.82) is 0 Å². The number of aromatic nitrogens is 3. The van der Waals surface area contributed by atoms with Gasteiger partial charge in [-0.05, 0) is 50.6 Å². The van der Waals surface area contributed by atoms with Crippen LogP contribution >= 0.6 is 11.3 Å². The Hall–Kier alpha value is -3.76. The van der Waals surface area contributed by atoms with E-state index >= 15 is 0 Å². The Kier molecular flexibility index (Phi) is 8.62. The van der Waals surface area contributed by atoms with E-state index in [0.29, 0.717) is 42.5 Å². The Balaban J connectivity index is 1.19. The van der Waals surface area contributed by atoms with Gasteiger partial charge < -0.3 is 25.0 Å². The minimum Gasteiger partial charge on any atom is -0.493 e. The Labute approximate surface area is 226 Å². The van der Waals surface area contributed by atoms with Crippen LogP contribution in [-0.4, -0.2) is 65.7 Å². The maximum absolute atomic E-state index is 12.2. The number of ether oxygens (including phenoxy) is 2.